The third-order valence-corrected chi connectivity index (χ3v) is 3.59. The number of nitrogens with zero attached hydrogens (tertiary/aromatic N) is 3. The van der Waals surface area contributed by atoms with E-state index in [1.807, 2.05) is 32.0 Å². The van der Waals surface area contributed by atoms with E-state index in [1.54, 1.807) is 6.20 Å². The van der Waals surface area contributed by atoms with Gasteiger partial charge in [0.05, 0.1) is 12.4 Å². The van der Waals surface area contributed by atoms with Crippen LogP contribution in [0.5, 0.6) is 0 Å². The number of aryl methyl sites for hydroxylation is 2. The second kappa shape index (κ2) is 7.02. The van der Waals surface area contributed by atoms with Crippen molar-refractivity contribution in [1.29, 1.82) is 0 Å². The molecule has 1 heterocycles. The van der Waals surface area contributed by atoms with Crippen LogP contribution < -0.4 is 10.2 Å². The molecule has 22 heavy (non-hydrogen) atoms. The van der Waals surface area contributed by atoms with Crippen LogP contribution in [0.15, 0.2) is 30.6 Å². The van der Waals surface area contributed by atoms with Crippen LogP contribution in [0.3, 0.4) is 0 Å². The summed E-state index contributed by atoms with van der Waals surface area (Å²) in [6.07, 6.45) is 3.16. The van der Waals surface area contributed by atoms with Crippen molar-refractivity contribution in [3.8, 4) is 0 Å². The highest BCUT2D eigenvalue weighted by Crippen LogP contribution is 2.17. The minimum Gasteiger partial charge on any atom is -0.356 e. The zero-order valence-electron chi connectivity index (χ0n) is 13.6. The molecule has 2 rings (SSSR count). The molecule has 116 valence electrons. The van der Waals surface area contributed by atoms with Gasteiger partial charge in [-0.15, -0.1) is 0 Å². The van der Waals surface area contributed by atoms with E-state index < -0.39 is 0 Å². The summed E-state index contributed by atoms with van der Waals surface area (Å²) in [7, 11) is 0. The fraction of sp³-hybridized carbons (Fsp3) is 0.353. The maximum Gasteiger partial charge on any atom is 0.275 e. The maximum atomic E-state index is 12.2. The van der Waals surface area contributed by atoms with E-state index in [4.69, 9.17) is 0 Å². The fourth-order valence-corrected chi connectivity index (χ4v) is 2.29. The van der Waals surface area contributed by atoms with E-state index >= 15 is 0 Å². The second-order valence-electron chi connectivity index (χ2n) is 5.20. The number of amides is 1. The van der Waals surface area contributed by atoms with Crippen molar-refractivity contribution < 1.29 is 4.79 Å². The molecule has 0 unspecified atom stereocenters. The summed E-state index contributed by atoms with van der Waals surface area (Å²) in [5, 5.41) is 2.88. The first-order valence-electron chi connectivity index (χ1n) is 7.50. The van der Waals surface area contributed by atoms with Crippen molar-refractivity contribution in [1.82, 2.24) is 9.97 Å². The van der Waals surface area contributed by atoms with Gasteiger partial charge in [0.2, 0.25) is 0 Å². The molecule has 5 nitrogen and oxygen atoms in total. The number of hydrogen-bond donors (Lipinski definition) is 1. The second-order valence-corrected chi connectivity index (χ2v) is 5.20. The van der Waals surface area contributed by atoms with E-state index in [0.717, 1.165) is 30.2 Å². The van der Waals surface area contributed by atoms with Crippen LogP contribution in [0.25, 0.3) is 0 Å². The SMILES string of the molecule is CCN(CC)c1cnc(C(=O)Nc2ccc(C)cc2C)cn1. The van der Waals surface area contributed by atoms with E-state index in [0.29, 0.717) is 5.69 Å². The summed E-state index contributed by atoms with van der Waals surface area (Å²) in [6.45, 7) is 9.84. The number of rotatable bonds is 5. The average molecular weight is 298 g/mol. The van der Waals surface area contributed by atoms with Crippen molar-refractivity contribution >= 4 is 17.4 Å². The van der Waals surface area contributed by atoms with Gasteiger partial charge >= 0.3 is 0 Å². The van der Waals surface area contributed by atoms with Crippen LogP contribution in [0.1, 0.15) is 35.5 Å². The first kappa shape index (κ1) is 15.9. The van der Waals surface area contributed by atoms with E-state index in [9.17, 15) is 4.79 Å². The summed E-state index contributed by atoms with van der Waals surface area (Å²) in [5.41, 5.74) is 3.31. The molecule has 0 saturated carbocycles. The van der Waals surface area contributed by atoms with Crippen LogP contribution in [-0.4, -0.2) is 29.0 Å². The molecular formula is C17H22N4O. The molecule has 2 aromatic rings. The number of carbonyl (C=O) groups is 1. The van der Waals surface area contributed by atoms with Gasteiger partial charge in [0, 0.05) is 18.8 Å². The van der Waals surface area contributed by atoms with Gasteiger partial charge in [0.15, 0.2) is 0 Å². The van der Waals surface area contributed by atoms with Gasteiger partial charge in [-0.25, -0.2) is 9.97 Å². The van der Waals surface area contributed by atoms with Crippen LogP contribution >= 0.6 is 0 Å². The highest BCUT2D eigenvalue weighted by molar-refractivity contribution is 6.03. The van der Waals surface area contributed by atoms with Gasteiger partial charge in [0.25, 0.3) is 5.91 Å². The Morgan fingerprint density at radius 3 is 2.41 bits per heavy atom. The summed E-state index contributed by atoms with van der Waals surface area (Å²) in [6, 6.07) is 5.91. The van der Waals surface area contributed by atoms with Crippen molar-refractivity contribution in [2.24, 2.45) is 0 Å². The normalized spacial score (nSPS) is 10.4. The molecule has 1 N–H and O–H groups in total. The smallest absolute Gasteiger partial charge is 0.275 e. The molecule has 5 heteroatoms. The molecule has 1 aromatic carbocycles. The van der Waals surface area contributed by atoms with Gasteiger partial charge in [-0.2, -0.15) is 0 Å². The molecule has 0 atom stereocenters. The Labute approximate surface area is 131 Å². The monoisotopic (exact) mass is 298 g/mol. The van der Waals surface area contributed by atoms with Crippen molar-refractivity contribution in [2.75, 3.05) is 23.3 Å². The lowest BCUT2D eigenvalue weighted by atomic mass is 10.1. The first-order chi connectivity index (χ1) is 10.5. The Balaban J connectivity index is 2.13. The predicted octanol–water partition coefficient (Wildman–Crippen LogP) is 3.19. The lowest BCUT2D eigenvalue weighted by Crippen LogP contribution is -2.23. The Morgan fingerprint density at radius 1 is 1.14 bits per heavy atom. The van der Waals surface area contributed by atoms with Gasteiger partial charge in [0.1, 0.15) is 11.5 Å². The zero-order chi connectivity index (χ0) is 16.1. The van der Waals surface area contributed by atoms with E-state index in [2.05, 4.69) is 34.0 Å². The lowest BCUT2D eigenvalue weighted by Gasteiger charge is -2.19. The van der Waals surface area contributed by atoms with Crippen LogP contribution in [0, 0.1) is 13.8 Å². The first-order valence-corrected chi connectivity index (χ1v) is 7.50. The van der Waals surface area contributed by atoms with Crippen molar-refractivity contribution in [3.63, 3.8) is 0 Å². The minimum absolute atomic E-state index is 0.245. The average Bonchev–Trinajstić information content (AvgIpc) is 2.52. The molecule has 0 spiro atoms. The highest BCUT2D eigenvalue weighted by atomic mass is 16.1. The molecule has 0 bridgehead atoms. The molecule has 1 amide bonds. The summed E-state index contributed by atoms with van der Waals surface area (Å²) in [4.78, 5) is 22.9. The molecule has 0 fully saturated rings. The number of nitrogens with one attached hydrogen (secondary N) is 1. The predicted molar refractivity (Wildman–Crippen MR) is 89.5 cm³/mol. The summed E-state index contributed by atoms with van der Waals surface area (Å²) >= 11 is 0. The van der Waals surface area contributed by atoms with Crippen molar-refractivity contribution in [3.05, 3.63) is 47.4 Å². The van der Waals surface area contributed by atoms with Crippen LogP contribution in [-0.2, 0) is 0 Å². The van der Waals surface area contributed by atoms with Crippen LogP contribution in [0.4, 0.5) is 11.5 Å². The Morgan fingerprint density at radius 2 is 1.86 bits per heavy atom. The maximum absolute atomic E-state index is 12.2. The number of anilines is 2. The largest absolute Gasteiger partial charge is 0.356 e. The van der Waals surface area contributed by atoms with Gasteiger partial charge in [-0.1, -0.05) is 17.7 Å². The number of aromatic nitrogens is 2. The van der Waals surface area contributed by atoms with Gasteiger partial charge in [-0.3, -0.25) is 4.79 Å². The van der Waals surface area contributed by atoms with Gasteiger partial charge < -0.3 is 10.2 Å². The number of hydrogen-bond acceptors (Lipinski definition) is 4. The quantitative estimate of drug-likeness (QED) is 0.921. The molecular weight excluding hydrogens is 276 g/mol. The Kier molecular flexibility index (Phi) is 5.09. The third-order valence-electron chi connectivity index (χ3n) is 3.59. The molecule has 0 aliphatic heterocycles. The summed E-state index contributed by atoms with van der Waals surface area (Å²) in [5.74, 6) is 0.540. The highest BCUT2D eigenvalue weighted by Gasteiger charge is 2.11. The van der Waals surface area contributed by atoms with E-state index in [-0.39, 0.29) is 5.91 Å². The summed E-state index contributed by atoms with van der Waals surface area (Å²) < 4.78 is 0. The molecule has 0 aliphatic carbocycles. The topological polar surface area (TPSA) is 58.1 Å². The molecule has 0 aliphatic rings. The molecule has 1 aromatic heterocycles. The fourth-order valence-electron chi connectivity index (χ4n) is 2.29. The molecule has 0 radical (unpaired) electrons. The lowest BCUT2D eigenvalue weighted by molar-refractivity contribution is 0.102. The van der Waals surface area contributed by atoms with Crippen LogP contribution in [0.2, 0.25) is 0 Å². The number of carbonyl (C=O) groups excluding carboxylic acids is 1. The van der Waals surface area contributed by atoms with E-state index in [1.165, 1.54) is 11.8 Å². The Bertz CT molecular complexity index is 648. The molecule has 0 saturated heterocycles. The zero-order valence-corrected chi connectivity index (χ0v) is 13.6. The number of benzene rings is 1. The third kappa shape index (κ3) is 3.61. The van der Waals surface area contributed by atoms with Gasteiger partial charge in [-0.05, 0) is 39.3 Å². The Hall–Kier alpha value is -2.43. The van der Waals surface area contributed by atoms with Crippen molar-refractivity contribution in [2.45, 2.75) is 27.7 Å². The standard InChI is InChI=1S/C17H22N4O/c1-5-21(6-2)16-11-18-15(10-19-16)17(22)20-14-8-7-12(3)9-13(14)4/h7-11H,5-6H2,1-4H3,(H,20,22). The minimum atomic E-state index is -0.245.